The van der Waals surface area contributed by atoms with E-state index in [1.54, 1.807) is 10.6 Å². The van der Waals surface area contributed by atoms with Crippen LogP contribution in [0.15, 0.2) is 16.9 Å². The Hall–Kier alpha value is -1.69. The summed E-state index contributed by atoms with van der Waals surface area (Å²) in [6, 6.07) is 3.13. The standard InChI is InChI=1S/C9H11N5O/c15-9-2-1-7-11-12-8(14(7)13-9)3-6-4-10-5-6/h1-2,6,10H,3-5H2,(H,13,15). The first-order valence-corrected chi connectivity index (χ1v) is 4.97. The van der Waals surface area contributed by atoms with E-state index in [-0.39, 0.29) is 5.56 Å². The number of rotatable bonds is 2. The molecule has 1 aliphatic heterocycles. The molecule has 0 amide bonds. The van der Waals surface area contributed by atoms with Gasteiger partial charge < -0.3 is 5.32 Å². The van der Waals surface area contributed by atoms with Crippen LogP contribution in [0.25, 0.3) is 5.65 Å². The quantitative estimate of drug-likeness (QED) is 0.671. The molecule has 1 saturated heterocycles. The van der Waals surface area contributed by atoms with Gasteiger partial charge in [-0.15, -0.1) is 10.2 Å². The van der Waals surface area contributed by atoms with Crippen molar-refractivity contribution in [1.29, 1.82) is 0 Å². The van der Waals surface area contributed by atoms with Gasteiger partial charge in [-0.3, -0.25) is 9.89 Å². The van der Waals surface area contributed by atoms with Crippen LogP contribution in [0.5, 0.6) is 0 Å². The summed E-state index contributed by atoms with van der Waals surface area (Å²) < 4.78 is 1.67. The second kappa shape index (κ2) is 3.16. The molecule has 0 spiro atoms. The van der Waals surface area contributed by atoms with Crippen molar-refractivity contribution in [3.63, 3.8) is 0 Å². The van der Waals surface area contributed by atoms with Gasteiger partial charge in [0, 0.05) is 12.5 Å². The maximum absolute atomic E-state index is 11.2. The van der Waals surface area contributed by atoms with E-state index >= 15 is 0 Å². The predicted molar refractivity (Wildman–Crippen MR) is 53.7 cm³/mol. The van der Waals surface area contributed by atoms with Crippen LogP contribution in [-0.4, -0.2) is 32.9 Å². The van der Waals surface area contributed by atoms with Crippen molar-refractivity contribution in [2.24, 2.45) is 5.92 Å². The van der Waals surface area contributed by atoms with E-state index in [0.29, 0.717) is 11.6 Å². The van der Waals surface area contributed by atoms with Crippen molar-refractivity contribution in [1.82, 2.24) is 25.1 Å². The van der Waals surface area contributed by atoms with Gasteiger partial charge in [0.2, 0.25) is 0 Å². The topological polar surface area (TPSA) is 75.1 Å². The van der Waals surface area contributed by atoms with Gasteiger partial charge >= 0.3 is 0 Å². The third-order valence-electron chi connectivity index (χ3n) is 2.70. The zero-order valence-corrected chi connectivity index (χ0v) is 8.10. The summed E-state index contributed by atoms with van der Waals surface area (Å²) in [5.74, 6) is 1.44. The Bertz CT molecular complexity index is 539. The summed E-state index contributed by atoms with van der Waals surface area (Å²) in [6.45, 7) is 2.04. The molecule has 0 aliphatic carbocycles. The van der Waals surface area contributed by atoms with Crippen molar-refractivity contribution >= 4 is 5.65 Å². The van der Waals surface area contributed by atoms with Gasteiger partial charge in [-0.1, -0.05) is 0 Å². The molecule has 6 nitrogen and oxygen atoms in total. The maximum Gasteiger partial charge on any atom is 0.263 e. The van der Waals surface area contributed by atoms with Crippen LogP contribution < -0.4 is 10.9 Å². The minimum absolute atomic E-state index is 0.129. The van der Waals surface area contributed by atoms with Crippen LogP contribution in [0.1, 0.15) is 5.82 Å². The molecular formula is C9H11N5O. The van der Waals surface area contributed by atoms with E-state index in [9.17, 15) is 4.79 Å². The molecule has 3 rings (SSSR count). The van der Waals surface area contributed by atoms with Crippen LogP contribution in [-0.2, 0) is 6.42 Å². The van der Waals surface area contributed by atoms with Crippen molar-refractivity contribution in [3.05, 3.63) is 28.3 Å². The number of aromatic nitrogens is 4. The van der Waals surface area contributed by atoms with Crippen LogP contribution in [0.2, 0.25) is 0 Å². The average Bonchev–Trinajstić information content (AvgIpc) is 2.54. The minimum Gasteiger partial charge on any atom is -0.316 e. The fourth-order valence-electron chi connectivity index (χ4n) is 1.74. The molecule has 1 aliphatic rings. The fraction of sp³-hybridized carbons (Fsp3) is 0.444. The van der Waals surface area contributed by atoms with Crippen molar-refractivity contribution < 1.29 is 0 Å². The van der Waals surface area contributed by atoms with Crippen molar-refractivity contribution in [2.45, 2.75) is 6.42 Å². The molecule has 0 bridgehead atoms. The lowest BCUT2D eigenvalue weighted by molar-refractivity contribution is 0.339. The normalized spacial score (nSPS) is 16.8. The molecule has 2 aromatic heterocycles. The number of nitrogens with one attached hydrogen (secondary N) is 2. The molecular weight excluding hydrogens is 194 g/mol. The van der Waals surface area contributed by atoms with Gasteiger partial charge in [0.1, 0.15) is 0 Å². The third kappa shape index (κ3) is 1.42. The highest BCUT2D eigenvalue weighted by atomic mass is 16.1. The Morgan fingerprint density at radius 3 is 3.00 bits per heavy atom. The molecule has 3 heterocycles. The molecule has 15 heavy (non-hydrogen) atoms. The first kappa shape index (κ1) is 8.60. The van der Waals surface area contributed by atoms with Crippen LogP contribution in [0.3, 0.4) is 0 Å². The van der Waals surface area contributed by atoms with Crippen molar-refractivity contribution in [2.75, 3.05) is 13.1 Å². The van der Waals surface area contributed by atoms with Gasteiger partial charge in [0.15, 0.2) is 11.5 Å². The van der Waals surface area contributed by atoms with Crippen molar-refractivity contribution in [3.8, 4) is 0 Å². The van der Waals surface area contributed by atoms with Crippen LogP contribution >= 0.6 is 0 Å². The Morgan fingerprint density at radius 1 is 1.40 bits per heavy atom. The van der Waals surface area contributed by atoms with Crippen LogP contribution in [0.4, 0.5) is 0 Å². The fourth-order valence-corrected chi connectivity index (χ4v) is 1.74. The second-order valence-electron chi connectivity index (χ2n) is 3.85. The Kier molecular flexibility index (Phi) is 1.81. The SMILES string of the molecule is O=c1ccc2nnc(CC3CNC3)n2[nH]1. The number of fused-ring (bicyclic) bond motifs is 1. The third-order valence-corrected chi connectivity index (χ3v) is 2.70. The van der Waals surface area contributed by atoms with Gasteiger partial charge in [0.25, 0.3) is 5.56 Å². The lowest BCUT2D eigenvalue weighted by atomic mass is 9.99. The number of hydrogen-bond donors (Lipinski definition) is 2. The zero-order chi connectivity index (χ0) is 10.3. The van der Waals surface area contributed by atoms with E-state index < -0.39 is 0 Å². The number of nitrogens with zero attached hydrogens (tertiary/aromatic N) is 3. The highest BCUT2D eigenvalue weighted by Crippen LogP contribution is 2.10. The van der Waals surface area contributed by atoms with Gasteiger partial charge in [-0.05, 0) is 25.1 Å². The Labute approximate surface area is 85.3 Å². The minimum atomic E-state index is -0.129. The summed E-state index contributed by atoms with van der Waals surface area (Å²) >= 11 is 0. The first-order chi connectivity index (χ1) is 7.33. The summed E-state index contributed by atoms with van der Waals surface area (Å²) in [5.41, 5.74) is 0.562. The van der Waals surface area contributed by atoms with E-state index in [2.05, 4.69) is 20.6 Å². The summed E-state index contributed by atoms with van der Waals surface area (Å²) in [5, 5.41) is 14.0. The highest BCUT2D eigenvalue weighted by Gasteiger charge is 2.19. The molecule has 78 valence electrons. The molecule has 0 atom stereocenters. The lowest BCUT2D eigenvalue weighted by Gasteiger charge is -2.25. The van der Waals surface area contributed by atoms with Gasteiger partial charge in [-0.2, -0.15) is 0 Å². The van der Waals surface area contributed by atoms with E-state index in [4.69, 9.17) is 0 Å². The molecule has 0 unspecified atom stereocenters. The second-order valence-corrected chi connectivity index (χ2v) is 3.85. The number of hydrogen-bond acceptors (Lipinski definition) is 4. The van der Waals surface area contributed by atoms with E-state index in [1.165, 1.54) is 6.07 Å². The van der Waals surface area contributed by atoms with Gasteiger partial charge in [-0.25, -0.2) is 4.52 Å². The molecule has 2 N–H and O–H groups in total. The zero-order valence-electron chi connectivity index (χ0n) is 8.10. The predicted octanol–water partition coefficient (Wildman–Crippen LogP) is -0.820. The average molecular weight is 205 g/mol. The Balaban J connectivity index is 2.02. The van der Waals surface area contributed by atoms with E-state index in [1.807, 2.05) is 0 Å². The molecule has 1 fully saturated rings. The highest BCUT2D eigenvalue weighted by molar-refractivity contribution is 5.34. The number of H-pyrrole nitrogens is 1. The molecule has 6 heteroatoms. The summed E-state index contributed by atoms with van der Waals surface area (Å²) in [4.78, 5) is 11.2. The molecule has 0 aromatic carbocycles. The molecule has 0 radical (unpaired) electrons. The lowest BCUT2D eigenvalue weighted by Crippen LogP contribution is -2.43. The number of aromatic amines is 1. The molecule has 0 saturated carbocycles. The summed E-state index contributed by atoms with van der Waals surface area (Å²) in [7, 11) is 0. The first-order valence-electron chi connectivity index (χ1n) is 4.97. The Morgan fingerprint density at radius 2 is 2.27 bits per heavy atom. The maximum atomic E-state index is 11.2. The molecule has 2 aromatic rings. The van der Waals surface area contributed by atoms with Gasteiger partial charge in [0.05, 0.1) is 0 Å². The summed E-state index contributed by atoms with van der Waals surface area (Å²) in [6.07, 6.45) is 0.855. The smallest absolute Gasteiger partial charge is 0.263 e. The van der Waals surface area contributed by atoms with Crippen LogP contribution in [0, 0.1) is 5.92 Å². The van der Waals surface area contributed by atoms with E-state index in [0.717, 1.165) is 25.3 Å². The monoisotopic (exact) mass is 205 g/mol. The largest absolute Gasteiger partial charge is 0.316 e.